The van der Waals surface area contributed by atoms with Crippen LogP contribution in [0.15, 0.2) is 23.3 Å². The molecule has 0 unspecified atom stereocenters. The number of carbonyl (C=O) groups is 1. The van der Waals surface area contributed by atoms with Gasteiger partial charge in [-0.25, -0.2) is 4.98 Å². The monoisotopic (exact) mass is 401 g/mol. The van der Waals surface area contributed by atoms with Gasteiger partial charge in [-0.2, -0.15) is 13.2 Å². The molecule has 1 aromatic rings. The smallest absolute Gasteiger partial charge is 0.417 e. The van der Waals surface area contributed by atoms with Crippen LogP contribution in [-0.4, -0.2) is 62.1 Å². The summed E-state index contributed by atoms with van der Waals surface area (Å²) in [6.07, 6.45) is -1.28. The number of rotatable bonds is 6. The highest BCUT2D eigenvalue weighted by molar-refractivity contribution is 5.80. The summed E-state index contributed by atoms with van der Waals surface area (Å²) < 4.78 is 42.9. The zero-order chi connectivity index (χ0) is 20.6. The molecule has 0 atom stereocenters. The number of pyridine rings is 1. The maximum absolute atomic E-state index is 12.5. The van der Waals surface area contributed by atoms with Gasteiger partial charge in [0.25, 0.3) is 0 Å². The van der Waals surface area contributed by atoms with Gasteiger partial charge in [-0.1, -0.05) is 0 Å². The summed E-state index contributed by atoms with van der Waals surface area (Å²) in [7, 11) is 3.34. The quantitative estimate of drug-likeness (QED) is 0.433. The van der Waals surface area contributed by atoms with E-state index in [-0.39, 0.29) is 18.4 Å². The summed E-state index contributed by atoms with van der Waals surface area (Å²) in [6, 6.07) is 2.15. The fourth-order valence-corrected chi connectivity index (χ4v) is 3.00. The number of hydrogen-bond acceptors (Lipinski definition) is 4. The van der Waals surface area contributed by atoms with E-state index in [9.17, 15) is 18.0 Å². The van der Waals surface area contributed by atoms with Crippen LogP contribution in [0, 0.1) is 5.92 Å². The van der Waals surface area contributed by atoms with Gasteiger partial charge in [0.15, 0.2) is 5.96 Å². The van der Waals surface area contributed by atoms with Gasteiger partial charge < -0.3 is 20.3 Å². The molecule has 28 heavy (non-hydrogen) atoms. The number of aromatic nitrogens is 1. The predicted molar refractivity (Wildman–Crippen MR) is 99.1 cm³/mol. The molecule has 1 aromatic heterocycles. The number of nitrogens with one attached hydrogen (secondary N) is 2. The second-order valence-corrected chi connectivity index (χ2v) is 6.51. The van der Waals surface area contributed by atoms with Crippen LogP contribution in [0.2, 0.25) is 0 Å². The number of carbonyl (C=O) groups excluding carboxylic acids is 1. The van der Waals surface area contributed by atoms with Crippen LogP contribution in [0.3, 0.4) is 0 Å². The van der Waals surface area contributed by atoms with Crippen molar-refractivity contribution in [3.05, 3.63) is 23.9 Å². The number of alkyl halides is 3. The Bertz CT molecular complexity index is 656. The number of amides is 1. The van der Waals surface area contributed by atoms with E-state index in [0.29, 0.717) is 18.9 Å². The lowest BCUT2D eigenvalue weighted by Gasteiger charge is -2.34. The summed E-state index contributed by atoms with van der Waals surface area (Å²) in [5.41, 5.74) is -0.807. The molecule has 0 aromatic carbocycles. The van der Waals surface area contributed by atoms with Crippen LogP contribution in [0.5, 0.6) is 5.88 Å². The largest absolute Gasteiger partial charge is 0.476 e. The highest BCUT2D eigenvalue weighted by atomic mass is 19.4. The van der Waals surface area contributed by atoms with Crippen molar-refractivity contribution >= 4 is 11.9 Å². The summed E-state index contributed by atoms with van der Waals surface area (Å²) in [6.45, 7) is 2.30. The van der Waals surface area contributed by atoms with E-state index in [1.54, 1.807) is 14.1 Å². The molecule has 2 N–H and O–H groups in total. The minimum atomic E-state index is -4.41. The zero-order valence-electron chi connectivity index (χ0n) is 16.1. The van der Waals surface area contributed by atoms with Gasteiger partial charge in [0.1, 0.15) is 6.61 Å². The number of guanidine groups is 1. The molecular formula is C18H26F3N5O2. The van der Waals surface area contributed by atoms with Crippen molar-refractivity contribution in [1.29, 1.82) is 0 Å². The molecule has 0 spiro atoms. The van der Waals surface area contributed by atoms with Gasteiger partial charge in [-0.05, 0) is 24.8 Å². The van der Waals surface area contributed by atoms with Crippen molar-refractivity contribution in [1.82, 2.24) is 20.5 Å². The molecule has 0 aliphatic carbocycles. The van der Waals surface area contributed by atoms with Crippen LogP contribution >= 0.6 is 0 Å². The van der Waals surface area contributed by atoms with Crippen LogP contribution in [0.1, 0.15) is 24.8 Å². The summed E-state index contributed by atoms with van der Waals surface area (Å²) in [5.74, 6) is 1.32. The average molecular weight is 401 g/mol. The number of likely N-dealkylation sites (tertiary alicyclic amines) is 1. The van der Waals surface area contributed by atoms with E-state index in [4.69, 9.17) is 4.74 Å². The van der Waals surface area contributed by atoms with Crippen LogP contribution in [0.25, 0.3) is 0 Å². The van der Waals surface area contributed by atoms with Crippen molar-refractivity contribution in [2.45, 2.75) is 25.4 Å². The van der Waals surface area contributed by atoms with E-state index in [0.717, 1.165) is 44.2 Å². The van der Waals surface area contributed by atoms with E-state index in [1.807, 2.05) is 0 Å². The molecule has 1 saturated heterocycles. The number of halogens is 3. The number of hydrogen-bond donors (Lipinski definition) is 2. The van der Waals surface area contributed by atoms with E-state index >= 15 is 0 Å². The highest BCUT2D eigenvalue weighted by Crippen LogP contribution is 2.29. The molecule has 1 amide bonds. The van der Waals surface area contributed by atoms with Gasteiger partial charge in [0.2, 0.25) is 11.8 Å². The molecule has 2 heterocycles. The van der Waals surface area contributed by atoms with Crippen LogP contribution in [0.4, 0.5) is 13.2 Å². The average Bonchev–Trinajstić information content (AvgIpc) is 2.68. The lowest BCUT2D eigenvalue weighted by atomic mass is 9.93. The first-order valence-corrected chi connectivity index (χ1v) is 9.15. The highest BCUT2D eigenvalue weighted by Gasteiger charge is 2.30. The Balaban J connectivity index is 1.71. The molecule has 156 valence electrons. The summed E-state index contributed by atoms with van der Waals surface area (Å²) in [5, 5.41) is 5.83. The molecule has 1 aliphatic rings. The lowest BCUT2D eigenvalue weighted by molar-refractivity contribution is -0.137. The molecule has 7 nitrogen and oxygen atoms in total. The van der Waals surface area contributed by atoms with Gasteiger partial charge in [-0.3, -0.25) is 9.79 Å². The number of aliphatic imine (C=N–C) groups is 1. The molecule has 0 saturated carbocycles. The van der Waals surface area contributed by atoms with E-state index in [2.05, 4.69) is 25.5 Å². The fraction of sp³-hybridized carbons (Fsp3) is 0.611. The van der Waals surface area contributed by atoms with Gasteiger partial charge in [-0.15, -0.1) is 0 Å². The first kappa shape index (κ1) is 21.8. The van der Waals surface area contributed by atoms with E-state index in [1.165, 1.54) is 6.07 Å². The Kier molecular flexibility index (Phi) is 7.89. The number of ether oxygens (including phenoxy) is 1. The fourth-order valence-electron chi connectivity index (χ4n) is 3.00. The van der Waals surface area contributed by atoms with Crippen molar-refractivity contribution in [3.8, 4) is 5.88 Å². The number of piperidine rings is 1. The predicted octanol–water partition coefficient (Wildman–Crippen LogP) is 1.90. The van der Waals surface area contributed by atoms with Crippen molar-refractivity contribution in [3.63, 3.8) is 0 Å². The molecule has 0 bridgehead atoms. The second-order valence-electron chi connectivity index (χ2n) is 6.51. The minimum absolute atomic E-state index is 0.0648. The lowest BCUT2D eigenvalue weighted by Crippen LogP contribution is -2.46. The normalized spacial score (nSPS) is 16.0. The third-order valence-electron chi connectivity index (χ3n) is 4.58. The first-order chi connectivity index (χ1) is 13.3. The standard InChI is InChI=1S/C18H26F3N5O2/c1-22-15(27)11-13-5-8-26(9-6-13)17(23-2)24-7-10-28-16-4-3-14(12-25-16)18(19,20)21/h3-4,12-13H,5-11H2,1-2H3,(H,22,27)(H,23,24). The molecule has 1 fully saturated rings. The van der Waals surface area contributed by atoms with Crippen LogP contribution in [-0.2, 0) is 11.0 Å². The van der Waals surface area contributed by atoms with Crippen molar-refractivity contribution < 1.29 is 22.7 Å². The first-order valence-electron chi connectivity index (χ1n) is 9.15. The van der Waals surface area contributed by atoms with Gasteiger partial charge in [0, 0.05) is 45.9 Å². The molecular weight excluding hydrogens is 375 g/mol. The Labute approximate surface area is 162 Å². The second kappa shape index (κ2) is 10.1. The Hall–Kier alpha value is -2.52. The molecule has 2 rings (SSSR count). The Morgan fingerprint density at radius 1 is 1.36 bits per heavy atom. The van der Waals surface area contributed by atoms with E-state index < -0.39 is 11.7 Å². The number of nitrogens with zero attached hydrogens (tertiary/aromatic N) is 3. The van der Waals surface area contributed by atoms with Gasteiger partial charge in [0.05, 0.1) is 12.1 Å². The zero-order valence-corrected chi connectivity index (χ0v) is 16.1. The third kappa shape index (κ3) is 6.58. The Morgan fingerprint density at radius 2 is 2.07 bits per heavy atom. The third-order valence-corrected chi connectivity index (χ3v) is 4.58. The molecule has 10 heteroatoms. The Morgan fingerprint density at radius 3 is 2.61 bits per heavy atom. The van der Waals surface area contributed by atoms with Gasteiger partial charge >= 0.3 is 6.18 Å². The maximum atomic E-state index is 12.5. The molecule has 0 radical (unpaired) electrons. The maximum Gasteiger partial charge on any atom is 0.417 e. The minimum Gasteiger partial charge on any atom is -0.476 e. The van der Waals surface area contributed by atoms with Crippen molar-refractivity contribution in [2.24, 2.45) is 10.9 Å². The summed E-state index contributed by atoms with van der Waals surface area (Å²) >= 11 is 0. The van der Waals surface area contributed by atoms with Crippen molar-refractivity contribution in [2.75, 3.05) is 40.3 Å². The molecule has 1 aliphatic heterocycles. The topological polar surface area (TPSA) is 78.9 Å². The SMILES string of the molecule is CN=C(NCCOc1ccc(C(F)(F)F)cn1)N1CCC(CC(=O)NC)CC1. The van der Waals surface area contributed by atoms with Crippen LogP contribution < -0.4 is 15.4 Å². The summed E-state index contributed by atoms with van der Waals surface area (Å²) in [4.78, 5) is 21.5.